The first kappa shape index (κ1) is 18.1. The third-order valence-corrected chi connectivity index (χ3v) is 4.15. The van der Waals surface area contributed by atoms with Crippen LogP contribution in [0.5, 0.6) is 0 Å². The maximum absolute atomic E-state index is 10.6. The topological polar surface area (TPSA) is 104 Å². The molecule has 0 saturated carbocycles. The molecule has 5 nitrogen and oxygen atoms in total. The number of rotatable bonds is 4. The number of aliphatic hydroxyl groups is 2. The highest BCUT2D eigenvalue weighted by Crippen LogP contribution is 2.28. The maximum atomic E-state index is 10.6. The van der Waals surface area contributed by atoms with Gasteiger partial charge in [-0.1, -0.05) is 54.6 Å². The Morgan fingerprint density at radius 2 is 1.75 bits per heavy atom. The van der Waals surface area contributed by atoms with E-state index in [1.54, 1.807) is 0 Å². The molecule has 0 amide bonds. The van der Waals surface area contributed by atoms with Crippen molar-refractivity contribution >= 4 is 5.97 Å². The summed E-state index contributed by atoms with van der Waals surface area (Å²) in [6, 6.07) is 17.0. The van der Waals surface area contributed by atoms with Crippen LogP contribution in [0, 0.1) is 5.92 Å². The van der Waals surface area contributed by atoms with Gasteiger partial charge < -0.3 is 21.1 Å². The number of hydrogen-bond acceptors (Lipinski definition) is 4. The molecule has 0 bridgehead atoms. The van der Waals surface area contributed by atoms with Crippen LogP contribution in [0.15, 0.2) is 54.6 Å². The molecule has 1 aliphatic rings. The number of carboxylic acid groups (broad SMARTS) is 1. The van der Waals surface area contributed by atoms with Crippen molar-refractivity contribution in [2.75, 3.05) is 6.61 Å². The fourth-order valence-corrected chi connectivity index (χ4v) is 2.73. The molecule has 1 aliphatic carbocycles. The van der Waals surface area contributed by atoms with Gasteiger partial charge in [0.25, 0.3) is 0 Å². The van der Waals surface area contributed by atoms with Crippen LogP contribution >= 0.6 is 0 Å². The van der Waals surface area contributed by atoms with Crippen LogP contribution in [-0.4, -0.2) is 34.0 Å². The van der Waals surface area contributed by atoms with E-state index in [4.69, 9.17) is 15.9 Å². The number of nitrogens with two attached hydrogens (primary N) is 1. The van der Waals surface area contributed by atoms with Crippen molar-refractivity contribution in [2.45, 2.75) is 25.0 Å². The summed E-state index contributed by atoms with van der Waals surface area (Å²) >= 11 is 0. The quantitative estimate of drug-likeness (QED) is 0.681. The standard InChI is InChI=1S/C10H12O3.C9H11NO/c11-7-9(10(12)13)6-8-4-2-1-3-5-8;10-9-7-4-2-1-3-6(7)5-8(9)11/h1-5,9,11H,6-7H2,(H,12,13);1-4,8-9,11H,5,10H2. The van der Waals surface area contributed by atoms with Crippen molar-refractivity contribution < 1.29 is 20.1 Å². The van der Waals surface area contributed by atoms with Gasteiger partial charge in [-0.05, 0) is 23.1 Å². The first-order chi connectivity index (χ1) is 11.5. The molecule has 0 heterocycles. The van der Waals surface area contributed by atoms with Crippen LogP contribution < -0.4 is 5.73 Å². The van der Waals surface area contributed by atoms with Gasteiger partial charge in [0, 0.05) is 6.42 Å². The summed E-state index contributed by atoms with van der Waals surface area (Å²) in [4.78, 5) is 10.6. The number of carboxylic acids is 1. The molecule has 128 valence electrons. The highest BCUT2D eigenvalue weighted by molar-refractivity contribution is 5.70. The van der Waals surface area contributed by atoms with Crippen molar-refractivity contribution in [3.63, 3.8) is 0 Å². The van der Waals surface area contributed by atoms with E-state index in [0.717, 1.165) is 11.1 Å². The van der Waals surface area contributed by atoms with Gasteiger partial charge in [-0.3, -0.25) is 4.79 Å². The third-order valence-electron chi connectivity index (χ3n) is 4.15. The minimum Gasteiger partial charge on any atom is -0.481 e. The molecule has 3 atom stereocenters. The monoisotopic (exact) mass is 329 g/mol. The van der Waals surface area contributed by atoms with Crippen molar-refractivity contribution in [1.82, 2.24) is 0 Å². The zero-order valence-corrected chi connectivity index (χ0v) is 13.4. The summed E-state index contributed by atoms with van der Waals surface area (Å²) in [6.07, 6.45) is 0.705. The first-order valence-corrected chi connectivity index (χ1v) is 7.92. The lowest BCUT2D eigenvalue weighted by atomic mass is 10.0. The molecule has 5 N–H and O–H groups in total. The fraction of sp³-hybridized carbons (Fsp3) is 0.316. The second-order valence-electron chi connectivity index (χ2n) is 5.90. The summed E-state index contributed by atoms with van der Waals surface area (Å²) < 4.78 is 0. The van der Waals surface area contributed by atoms with Gasteiger partial charge in [-0.25, -0.2) is 0 Å². The number of hydrogen-bond donors (Lipinski definition) is 4. The van der Waals surface area contributed by atoms with Crippen LogP contribution in [0.25, 0.3) is 0 Å². The van der Waals surface area contributed by atoms with Crippen molar-refractivity contribution in [2.24, 2.45) is 11.7 Å². The molecule has 3 unspecified atom stereocenters. The first-order valence-electron chi connectivity index (χ1n) is 7.92. The van der Waals surface area contributed by atoms with E-state index in [-0.39, 0.29) is 18.8 Å². The van der Waals surface area contributed by atoms with E-state index in [1.807, 2.05) is 54.6 Å². The predicted octanol–water partition coefficient (Wildman–Crippen LogP) is 1.53. The molecule has 0 aromatic heterocycles. The van der Waals surface area contributed by atoms with E-state index < -0.39 is 11.9 Å². The number of aliphatic carboxylic acids is 1. The predicted molar refractivity (Wildman–Crippen MR) is 91.4 cm³/mol. The lowest BCUT2D eigenvalue weighted by Crippen LogP contribution is -2.21. The van der Waals surface area contributed by atoms with Crippen molar-refractivity contribution in [3.8, 4) is 0 Å². The van der Waals surface area contributed by atoms with Crippen LogP contribution in [-0.2, 0) is 17.6 Å². The van der Waals surface area contributed by atoms with Crippen molar-refractivity contribution in [1.29, 1.82) is 0 Å². The Bertz CT molecular complexity index is 659. The van der Waals surface area contributed by atoms with Crippen molar-refractivity contribution in [3.05, 3.63) is 71.3 Å². The highest BCUT2D eigenvalue weighted by atomic mass is 16.4. The lowest BCUT2D eigenvalue weighted by molar-refractivity contribution is -0.143. The number of benzene rings is 2. The van der Waals surface area contributed by atoms with E-state index in [9.17, 15) is 9.90 Å². The van der Waals surface area contributed by atoms with Gasteiger partial charge >= 0.3 is 5.97 Å². The largest absolute Gasteiger partial charge is 0.481 e. The summed E-state index contributed by atoms with van der Waals surface area (Å²) in [5, 5.41) is 26.8. The SMILES string of the molecule is NC1c2ccccc2CC1O.O=C(O)C(CO)Cc1ccccc1. The normalized spacial score (nSPS) is 19.8. The Morgan fingerprint density at radius 3 is 2.33 bits per heavy atom. The molecule has 0 fully saturated rings. The summed E-state index contributed by atoms with van der Waals surface area (Å²) in [5.41, 5.74) is 8.96. The average Bonchev–Trinajstić information content (AvgIpc) is 2.89. The average molecular weight is 329 g/mol. The highest BCUT2D eigenvalue weighted by Gasteiger charge is 2.26. The Balaban J connectivity index is 0.000000175. The molecule has 0 saturated heterocycles. The molecule has 5 heteroatoms. The van der Waals surface area contributed by atoms with Crippen LogP contribution in [0.2, 0.25) is 0 Å². The molecule has 2 aromatic rings. The second-order valence-corrected chi connectivity index (χ2v) is 5.90. The Kier molecular flexibility index (Phi) is 6.49. The molecular formula is C19H23NO4. The van der Waals surface area contributed by atoms with E-state index >= 15 is 0 Å². The molecule has 0 radical (unpaired) electrons. The number of aliphatic hydroxyl groups excluding tert-OH is 2. The number of fused-ring (bicyclic) bond motifs is 1. The summed E-state index contributed by atoms with van der Waals surface area (Å²) in [7, 11) is 0. The van der Waals surface area contributed by atoms with Gasteiger partial charge in [0.1, 0.15) is 0 Å². The molecule has 0 aliphatic heterocycles. The van der Waals surface area contributed by atoms with Crippen LogP contribution in [0.1, 0.15) is 22.7 Å². The van der Waals surface area contributed by atoms with Gasteiger partial charge in [0.05, 0.1) is 24.7 Å². The molecule has 24 heavy (non-hydrogen) atoms. The number of carbonyl (C=O) groups is 1. The van der Waals surface area contributed by atoms with Gasteiger partial charge in [-0.15, -0.1) is 0 Å². The third kappa shape index (κ3) is 4.64. The smallest absolute Gasteiger partial charge is 0.309 e. The minimum atomic E-state index is -0.952. The molecule has 3 rings (SSSR count). The molecule has 0 spiro atoms. The maximum Gasteiger partial charge on any atom is 0.309 e. The van der Waals surface area contributed by atoms with Gasteiger partial charge in [0.2, 0.25) is 0 Å². The fourth-order valence-electron chi connectivity index (χ4n) is 2.73. The molecule has 2 aromatic carbocycles. The Labute approximate surface area is 141 Å². The minimum absolute atomic E-state index is 0.175. The van der Waals surface area contributed by atoms with E-state index in [0.29, 0.717) is 12.8 Å². The summed E-state index contributed by atoms with van der Waals surface area (Å²) in [5.74, 6) is -1.64. The lowest BCUT2D eigenvalue weighted by Gasteiger charge is -2.07. The zero-order valence-electron chi connectivity index (χ0n) is 13.4. The van der Waals surface area contributed by atoms with E-state index in [1.165, 1.54) is 5.56 Å². The Hall–Kier alpha value is -2.21. The zero-order chi connectivity index (χ0) is 17.5. The van der Waals surface area contributed by atoms with Crippen LogP contribution in [0.3, 0.4) is 0 Å². The molecular weight excluding hydrogens is 306 g/mol. The van der Waals surface area contributed by atoms with Crippen LogP contribution in [0.4, 0.5) is 0 Å². The van der Waals surface area contributed by atoms with Gasteiger partial charge in [-0.2, -0.15) is 0 Å². The summed E-state index contributed by atoms with van der Waals surface area (Å²) in [6.45, 7) is -0.315. The second kappa shape index (κ2) is 8.59. The van der Waals surface area contributed by atoms with E-state index in [2.05, 4.69) is 0 Å². The van der Waals surface area contributed by atoms with Gasteiger partial charge in [0.15, 0.2) is 0 Å². The Morgan fingerprint density at radius 1 is 1.12 bits per heavy atom.